The standard InChI is InChI=1S/C16H18O2S/c1-2-11-18-14-8-5-13(6-9-14)7-10-15(17)16-4-3-12-19-16/h3-6,8-9,12H,2,7,10-11H2,1H3. The lowest BCUT2D eigenvalue weighted by molar-refractivity contribution is 0.0987. The van der Waals surface area contributed by atoms with Gasteiger partial charge in [-0.15, -0.1) is 11.3 Å². The van der Waals surface area contributed by atoms with E-state index in [0.29, 0.717) is 6.42 Å². The van der Waals surface area contributed by atoms with Gasteiger partial charge in [0.05, 0.1) is 11.5 Å². The fraction of sp³-hybridized carbons (Fsp3) is 0.312. The van der Waals surface area contributed by atoms with Gasteiger partial charge in [0.15, 0.2) is 5.78 Å². The summed E-state index contributed by atoms with van der Waals surface area (Å²) in [4.78, 5) is 12.7. The molecule has 2 aromatic rings. The van der Waals surface area contributed by atoms with E-state index in [1.54, 1.807) is 0 Å². The van der Waals surface area contributed by atoms with E-state index in [9.17, 15) is 4.79 Å². The van der Waals surface area contributed by atoms with Crippen LogP contribution in [0, 0.1) is 0 Å². The van der Waals surface area contributed by atoms with Crippen molar-refractivity contribution in [2.75, 3.05) is 6.61 Å². The quantitative estimate of drug-likeness (QED) is 0.701. The second-order valence-corrected chi connectivity index (χ2v) is 5.34. The van der Waals surface area contributed by atoms with Crippen LogP contribution in [0.25, 0.3) is 0 Å². The Balaban J connectivity index is 1.84. The Morgan fingerprint density at radius 2 is 2.00 bits per heavy atom. The van der Waals surface area contributed by atoms with Crippen molar-refractivity contribution in [1.82, 2.24) is 0 Å². The number of hydrogen-bond donors (Lipinski definition) is 0. The van der Waals surface area contributed by atoms with E-state index in [0.717, 1.165) is 30.1 Å². The second kappa shape index (κ2) is 7.10. The lowest BCUT2D eigenvalue weighted by Crippen LogP contribution is -1.99. The monoisotopic (exact) mass is 274 g/mol. The highest BCUT2D eigenvalue weighted by atomic mass is 32.1. The van der Waals surface area contributed by atoms with E-state index >= 15 is 0 Å². The van der Waals surface area contributed by atoms with Crippen molar-refractivity contribution < 1.29 is 9.53 Å². The number of thiophene rings is 1. The van der Waals surface area contributed by atoms with Gasteiger partial charge in [0.1, 0.15) is 5.75 Å². The number of aryl methyl sites for hydroxylation is 1. The predicted octanol–water partition coefficient (Wildman–Crippen LogP) is 4.35. The second-order valence-electron chi connectivity index (χ2n) is 4.39. The summed E-state index contributed by atoms with van der Waals surface area (Å²) in [6, 6.07) is 11.8. The summed E-state index contributed by atoms with van der Waals surface area (Å²) in [5, 5.41) is 1.94. The van der Waals surface area contributed by atoms with Crippen LogP contribution < -0.4 is 4.74 Å². The fourth-order valence-electron chi connectivity index (χ4n) is 1.79. The van der Waals surface area contributed by atoms with Gasteiger partial charge in [0.25, 0.3) is 0 Å². The Labute approximate surface area is 118 Å². The summed E-state index contributed by atoms with van der Waals surface area (Å²) < 4.78 is 5.53. The van der Waals surface area contributed by atoms with Crippen molar-refractivity contribution in [3.8, 4) is 5.75 Å². The molecule has 0 unspecified atom stereocenters. The van der Waals surface area contributed by atoms with Crippen LogP contribution in [0.2, 0.25) is 0 Å². The largest absolute Gasteiger partial charge is 0.494 e. The highest BCUT2D eigenvalue weighted by Crippen LogP contribution is 2.16. The molecule has 1 aromatic carbocycles. The third-order valence-corrected chi connectivity index (χ3v) is 3.74. The number of carbonyl (C=O) groups is 1. The van der Waals surface area contributed by atoms with Crippen LogP contribution in [0.1, 0.15) is 35.0 Å². The third-order valence-electron chi connectivity index (χ3n) is 2.83. The van der Waals surface area contributed by atoms with Gasteiger partial charge in [-0.2, -0.15) is 0 Å². The molecular formula is C16H18O2S. The number of ketones is 1. The molecule has 0 N–H and O–H groups in total. The summed E-state index contributed by atoms with van der Waals surface area (Å²) in [6.07, 6.45) is 2.36. The molecular weight excluding hydrogens is 256 g/mol. The third kappa shape index (κ3) is 4.21. The number of Topliss-reactive ketones (excluding diaryl/α,β-unsaturated/α-hetero) is 1. The van der Waals surface area contributed by atoms with Crippen molar-refractivity contribution in [3.63, 3.8) is 0 Å². The highest BCUT2D eigenvalue weighted by molar-refractivity contribution is 7.12. The minimum Gasteiger partial charge on any atom is -0.494 e. The zero-order chi connectivity index (χ0) is 13.5. The first kappa shape index (κ1) is 13.8. The Morgan fingerprint density at radius 3 is 2.63 bits per heavy atom. The minimum absolute atomic E-state index is 0.223. The topological polar surface area (TPSA) is 26.3 Å². The van der Waals surface area contributed by atoms with Crippen LogP contribution in [-0.4, -0.2) is 12.4 Å². The maximum Gasteiger partial charge on any atom is 0.173 e. The first-order chi connectivity index (χ1) is 9.29. The SMILES string of the molecule is CCCOc1ccc(CCC(=O)c2cccs2)cc1. The predicted molar refractivity (Wildman–Crippen MR) is 79.2 cm³/mol. The summed E-state index contributed by atoms with van der Waals surface area (Å²) in [7, 11) is 0. The van der Waals surface area contributed by atoms with E-state index in [2.05, 4.69) is 6.92 Å². The lowest BCUT2D eigenvalue weighted by atomic mass is 10.1. The molecule has 0 amide bonds. The van der Waals surface area contributed by atoms with Crippen molar-refractivity contribution >= 4 is 17.1 Å². The Hall–Kier alpha value is -1.61. The van der Waals surface area contributed by atoms with Gasteiger partial charge in [0.2, 0.25) is 0 Å². The molecule has 0 spiro atoms. The lowest BCUT2D eigenvalue weighted by Gasteiger charge is -2.05. The molecule has 3 heteroatoms. The van der Waals surface area contributed by atoms with E-state index in [1.165, 1.54) is 16.9 Å². The molecule has 0 aliphatic carbocycles. The maximum absolute atomic E-state index is 11.9. The summed E-state index contributed by atoms with van der Waals surface area (Å²) in [5.74, 6) is 1.12. The van der Waals surface area contributed by atoms with Gasteiger partial charge in [-0.25, -0.2) is 0 Å². The first-order valence-corrected chi connectivity index (χ1v) is 7.46. The fourth-order valence-corrected chi connectivity index (χ4v) is 2.48. The molecule has 2 rings (SSSR count). The van der Waals surface area contributed by atoms with Crippen molar-refractivity contribution in [1.29, 1.82) is 0 Å². The van der Waals surface area contributed by atoms with E-state index < -0.39 is 0 Å². The van der Waals surface area contributed by atoms with Crippen LogP contribution in [0.3, 0.4) is 0 Å². The molecule has 2 nitrogen and oxygen atoms in total. The average molecular weight is 274 g/mol. The smallest absolute Gasteiger partial charge is 0.173 e. The number of carbonyl (C=O) groups excluding carboxylic acids is 1. The summed E-state index contributed by atoms with van der Waals surface area (Å²) >= 11 is 1.51. The van der Waals surface area contributed by atoms with Gasteiger partial charge in [-0.05, 0) is 42.0 Å². The van der Waals surface area contributed by atoms with Crippen molar-refractivity contribution in [2.24, 2.45) is 0 Å². The molecule has 0 saturated heterocycles. The molecule has 0 aliphatic heterocycles. The van der Waals surface area contributed by atoms with E-state index in [4.69, 9.17) is 4.74 Å². The molecule has 0 saturated carbocycles. The normalized spacial score (nSPS) is 10.4. The maximum atomic E-state index is 11.9. The molecule has 19 heavy (non-hydrogen) atoms. The van der Waals surface area contributed by atoms with E-state index in [-0.39, 0.29) is 5.78 Å². The molecule has 100 valence electrons. The molecule has 0 fully saturated rings. The Kier molecular flexibility index (Phi) is 5.16. The van der Waals surface area contributed by atoms with Crippen LogP contribution in [0.15, 0.2) is 41.8 Å². The van der Waals surface area contributed by atoms with Gasteiger partial charge in [-0.3, -0.25) is 4.79 Å². The number of ether oxygens (including phenoxy) is 1. The zero-order valence-corrected chi connectivity index (χ0v) is 11.9. The molecule has 1 aromatic heterocycles. The van der Waals surface area contributed by atoms with Gasteiger partial charge in [-0.1, -0.05) is 25.1 Å². The highest BCUT2D eigenvalue weighted by Gasteiger charge is 2.06. The van der Waals surface area contributed by atoms with Crippen LogP contribution >= 0.6 is 11.3 Å². The van der Waals surface area contributed by atoms with Crippen LogP contribution in [0.4, 0.5) is 0 Å². The molecule has 0 radical (unpaired) electrons. The average Bonchev–Trinajstić information content (AvgIpc) is 2.98. The van der Waals surface area contributed by atoms with Gasteiger partial charge < -0.3 is 4.74 Å². The van der Waals surface area contributed by atoms with Crippen molar-refractivity contribution in [2.45, 2.75) is 26.2 Å². The number of hydrogen-bond acceptors (Lipinski definition) is 3. The zero-order valence-electron chi connectivity index (χ0n) is 11.1. The van der Waals surface area contributed by atoms with E-state index in [1.807, 2.05) is 41.8 Å². The summed E-state index contributed by atoms with van der Waals surface area (Å²) in [5.41, 5.74) is 1.17. The molecule has 0 bridgehead atoms. The van der Waals surface area contributed by atoms with Crippen molar-refractivity contribution in [3.05, 3.63) is 52.2 Å². The van der Waals surface area contributed by atoms with Crippen LogP contribution in [0.5, 0.6) is 5.75 Å². The van der Waals surface area contributed by atoms with Crippen LogP contribution in [-0.2, 0) is 6.42 Å². The molecule has 0 atom stereocenters. The van der Waals surface area contributed by atoms with Gasteiger partial charge in [0, 0.05) is 6.42 Å². The molecule has 1 heterocycles. The molecule has 0 aliphatic rings. The number of rotatable bonds is 7. The summed E-state index contributed by atoms with van der Waals surface area (Å²) in [6.45, 7) is 2.83. The number of benzene rings is 1. The Bertz CT molecular complexity index is 500. The Morgan fingerprint density at radius 1 is 1.21 bits per heavy atom. The minimum atomic E-state index is 0.223. The van der Waals surface area contributed by atoms with Gasteiger partial charge >= 0.3 is 0 Å². The first-order valence-electron chi connectivity index (χ1n) is 6.58.